The van der Waals surface area contributed by atoms with E-state index in [1.807, 2.05) is 18.3 Å². The van der Waals surface area contributed by atoms with Crippen LogP contribution in [0, 0.1) is 19.8 Å². The molecule has 0 bridgehead atoms. The molecule has 1 amide bonds. The fourth-order valence-corrected chi connectivity index (χ4v) is 6.13. The quantitative estimate of drug-likeness (QED) is 0.254. The zero-order valence-electron chi connectivity index (χ0n) is 22.5. The number of anilines is 1. The maximum atomic E-state index is 12.9. The number of aromatic nitrogens is 3. The zero-order valence-corrected chi connectivity index (χ0v) is 23.3. The molecule has 0 radical (unpaired) electrons. The van der Waals surface area contributed by atoms with Gasteiger partial charge in [0.25, 0.3) is 0 Å². The van der Waals surface area contributed by atoms with Crippen LogP contribution in [-0.4, -0.2) is 50.9 Å². The fraction of sp³-hybridized carbons (Fsp3) is 0.387. The van der Waals surface area contributed by atoms with Crippen LogP contribution in [0.1, 0.15) is 42.4 Å². The van der Waals surface area contributed by atoms with Gasteiger partial charge >= 0.3 is 0 Å². The molecule has 0 spiro atoms. The number of pyridine rings is 2. The highest BCUT2D eigenvalue weighted by Crippen LogP contribution is 2.32. The lowest BCUT2D eigenvalue weighted by Gasteiger charge is -2.40. The maximum Gasteiger partial charge on any atom is 0.225 e. The van der Waals surface area contributed by atoms with E-state index in [-0.39, 0.29) is 17.9 Å². The number of amides is 1. The lowest BCUT2D eigenvalue weighted by molar-refractivity contribution is -0.131. The Morgan fingerprint density at radius 3 is 2.69 bits per heavy atom. The molecule has 3 N–H and O–H groups in total. The van der Waals surface area contributed by atoms with E-state index < -0.39 is 0 Å². The summed E-state index contributed by atoms with van der Waals surface area (Å²) in [6, 6.07) is 14.9. The van der Waals surface area contributed by atoms with E-state index in [9.17, 15) is 4.79 Å². The zero-order chi connectivity index (χ0) is 26.9. The van der Waals surface area contributed by atoms with Crippen LogP contribution >= 0.6 is 11.6 Å². The van der Waals surface area contributed by atoms with E-state index in [1.54, 1.807) is 6.20 Å². The summed E-state index contributed by atoms with van der Waals surface area (Å²) in [7, 11) is 0. The number of hydrogen-bond donors (Lipinski definition) is 3. The topological polar surface area (TPSA) is 85.9 Å². The molecule has 1 aromatic carbocycles. The summed E-state index contributed by atoms with van der Waals surface area (Å²) in [5.74, 6) is 1.08. The molecule has 1 aliphatic heterocycles. The van der Waals surface area contributed by atoms with Crippen LogP contribution in [-0.2, 0) is 11.3 Å². The van der Waals surface area contributed by atoms with Crippen LogP contribution in [0.3, 0.4) is 0 Å². The second-order valence-corrected chi connectivity index (χ2v) is 11.5. The number of aromatic amines is 1. The minimum Gasteiger partial charge on any atom is -0.367 e. The highest BCUT2D eigenvalue weighted by Gasteiger charge is 2.34. The average Bonchev–Trinajstić information content (AvgIpc) is 3.33. The van der Waals surface area contributed by atoms with Crippen LogP contribution in [0.2, 0.25) is 5.15 Å². The van der Waals surface area contributed by atoms with Crippen molar-refractivity contribution in [2.24, 2.45) is 5.92 Å². The van der Waals surface area contributed by atoms with Gasteiger partial charge in [-0.1, -0.05) is 29.8 Å². The van der Waals surface area contributed by atoms with Crippen LogP contribution in [0.4, 0.5) is 5.82 Å². The monoisotopic (exact) mass is 542 g/mol. The molecule has 39 heavy (non-hydrogen) atoms. The molecule has 1 saturated heterocycles. The molecule has 7 nitrogen and oxygen atoms in total. The Kier molecular flexibility index (Phi) is 7.28. The predicted octanol–water partition coefficient (Wildman–Crippen LogP) is 5.87. The number of nitrogens with one attached hydrogen (secondary N) is 3. The molecule has 1 saturated carbocycles. The van der Waals surface area contributed by atoms with Gasteiger partial charge in [0.1, 0.15) is 16.6 Å². The van der Waals surface area contributed by atoms with Crippen molar-refractivity contribution in [2.45, 2.75) is 58.2 Å². The van der Waals surface area contributed by atoms with Gasteiger partial charge in [0, 0.05) is 55.1 Å². The predicted molar refractivity (Wildman–Crippen MR) is 157 cm³/mol. The standard InChI is InChI=1S/C31H35ClN6O/c1-19-5-3-6-21(20(19)2)16-38-17-23(18-38)31(39)36-25-10-8-24(9-11-25)35-29-14-22(13-28(32)37-29)27-15-34-30-26(27)7-4-12-33-30/h3-7,12-15,23-25H,8-11,16-18H2,1-2H3,(H,33,34)(H,35,37)(H,36,39). The minimum atomic E-state index is 0.0970. The van der Waals surface area contributed by atoms with E-state index in [4.69, 9.17) is 11.6 Å². The number of carbonyl (C=O) groups excluding carboxylic acids is 1. The molecule has 202 valence electrons. The van der Waals surface area contributed by atoms with Crippen LogP contribution in [0.25, 0.3) is 22.2 Å². The van der Waals surface area contributed by atoms with Crippen molar-refractivity contribution < 1.29 is 4.79 Å². The molecule has 8 heteroatoms. The lowest BCUT2D eigenvalue weighted by atomic mass is 9.90. The molecule has 1 aliphatic carbocycles. The van der Waals surface area contributed by atoms with E-state index in [0.29, 0.717) is 11.2 Å². The van der Waals surface area contributed by atoms with Gasteiger partial charge in [-0.15, -0.1) is 0 Å². The summed E-state index contributed by atoms with van der Waals surface area (Å²) in [6.45, 7) is 6.94. The maximum absolute atomic E-state index is 12.9. The Hall–Kier alpha value is -3.42. The van der Waals surface area contributed by atoms with Crippen LogP contribution in [0.5, 0.6) is 0 Å². The fourth-order valence-electron chi connectivity index (χ4n) is 5.92. The SMILES string of the molecule is Cc1cccc(CN2CC(C(=O)NC3CCC(Nc4cc(-c5c[nH]c6ncccc56)cc(Cl)n4)CC3)C2)c1C. The molecule has 4 aromatic rings. The third kappa shape index (κ3) is 5.65. The van der Waals surface area contributed by atoms with Gasteiger partial charge in [0.2, 0.25) is 5.91 Å². The van der Waals surface area contributed by atoms with Gasteiger partial charge in [0.15, 0.2) is 0 Å². The number of halogens is 1. The van der Waals surface area contributed by atoms with Crippen LogP contribution < -0.4 is 10.6 Å². The Morgan fingerprint density at radius 1 is 1.08 bits per heavy atom. The third-order valence-corrected chi connectivity index (χ3v) is 8.61. The van der Waals surface area contributed by atoms with Gasteiger partial charge in [-0.2, -0.15) is 0 Å². The number of carbonyl (C=O) groups is 1. The van der Waals surface area contributed by atoms with Gasteiger partial charge < -0.3 is 15.6 Å². The summed E-state index contributed by atoms with van der Waals surface area (Å²) in [5, 5.41) is 8.43. The van der Waals surface area contributed by atoms with Crippen molar-refractivity contribution in [3.05, 3.63) is 76.7 Å². The number of aryl methyl sites for hydroxylation is 1. The van der Waals surface area contributed by atoms with Gasteiger partial charge in [-0.05, 0) is 86.1 Å². The minimum absolute atomic E-state index is 0.0970. The Bertz CT molecular complexity index is 1490. The second kappa shape index (κ2) is 11.0. The highest BCUT2D eigenvalue weighted by atomic mass is 35.5. The van der Waals surface area contributed by atoms with E-state index in [1.165, 1.54) is 16.7 Å². The van der Waals surface area contributed by atoms with Crippen molar-refractivity contribution >= 4 is 34.4 Å². The molecule has 6 rings (SSSR count). The van der Waals surface area contributed by atoms with E-state index >= 15 is 0 Å². The number of rotatable bonds is 7. The number of H-pyrrole nitrogens is 1. The number of nitrogens with zero attached hydrogens (tertiary/aromatic N) is 3. The van der Waals surface area contributed by atoms with Crippen molar-refractivity contribution in [2.75, 3.05) is 18.4 Å². The molecule has 0 atom stereocenters. The Morgan fingerprint density at radius 2 is 1.87 bits per heavy atom. The van der Waals surface area contributed by atoms with Crippen molar-refractivity contribution in [3.63, 3.8) is 0 Å². The Balaban J connectivity index is 0.987. The molecule has 3 aromatic heterocycles. The number of likely N-dealkylation sites (tertiary alicyclic amines) is 1. The lowest BCUT2D eigenvalue weighted by Crippen LogP contribution is -2.55. The first-order valence-electron chi connectivity index (χ1n) is 13.9. The molecule has 2 fully saturated rings. The smallest absolute Gasteiger partial charge is 0.225 e. The summed E-state index contributed by atoms with van der Waals surface area (Å²) in [4.78, 5) is 27.4. The summed E-state index contributed by atoms with van der Waals surface area (Å²) < 4.78 is 0. The first-order chi connectivity index (χ1) is 18.9. The molecular formula is C31H35ClN6O. The first-order valence-corrected chi connectivity index (χ1v) is 14.2. The molecule has 0 unspecified atom stereocenters. The second-order valence-electron chi connectivity index (χ2n) is 11.1. The number of hydrogen-bond acceptors (Lipinski definition) is 5. The average molecular weight is 543 g/mol. The highest BCUT2D eigenvalue weighted by molar-refractivity contribution is 6.29. The van der Waals surface area contributed by atoms with Crippen molar-refractivity contribution in [3.8, 4) is 11.1 Å². The first kappa shape index (κ1) is 25.8. The summed E-state index contributed by atoms with van der Waals surface area (Å²) in [5.41, 5.74) is 6.96. The third-order valence-electron chi connectivity index (χ3n) is 8.42. The van der Waals surface area contributed by atoms with Gasteiger partial charge in [-0.3, -0.25) is 9.69 Å². The van der Waals surface area contributed by atoms with Gasteiger partial charge in [-0.25, -0.2) is 9.97 Å². The number of fused-ring (bicyclic) bond motifs is 1. The molecular weight excluding hydrogens is 508 g/mol. The van der Waals surface area contributed by atoms with Crippen LogP contribution in [0.15, 0.2) is 54.9 Å². The summed E-state index contributed by atoms with van der Waals surface area (Å²) in [6.07, 6.45) is 7.63. The normalized spacial score (nSPS) is 20.1. The van der Waals surface area contributed by atoms with E-state index in [2.05, 4.69) is 74.7 Å². The molecule has 4 heterocycles. The number of benzene rings is 1. The van der Waals surface area contributed by atoms with Crippen molar-refractivity contribution in [1.82, 2.24) is 25.2 Å². The van der Waals surface area contributed by atoms with E-state index in [0.717, 1.165) is 73.3 Å². The Labute approximate surface area is 234 Å². The summed E-state index contributed by atoms with van der Waals surface area (Å²) >= 11 is 6.41. The largest absolute Gasteiger partial charge is 0.367 e. The van der Waals surface area contributed by atoms with Gasteiger partial charge in [0.05, 0.1) is 5.92 Å². The van der Waals surface area contributed by atoms with Crippen molar-refractivity contribution in [1.29, 1.82) is 0 Å². The molecule has 2 aliphatic rings.